The van der Waals surface area contributed by atoms with Crippen LogP contribution in [0.2, 0.25) is 0 Å². The molecule has 0 aromatic heterocycles. The smallest absolute Gasteiger partial charge is 0.137 e. The van der Waals surface area contributed by atoms with E-state index in [9.17, 15) is 4.79 Å². The van der Waals surface area contributed by atoms with E-state index in [2.05, 4.69) is 15.9 Å². The predicted molar refractivity (Wildman–Crippen MR) is 57.7 cm³/mol. The molecule has 0 N–H and O–H groups in total. The van der Waals surface area contributed by atoms with Crippen LogP contribution < -0.4 is 4.74 Å². The lowest BCUT2D eigenvalue weighted by molar-refractivity contribution is -0.109. The minimum absolute atomic E-state index is 0.269. The van der Waals surface area contributed by atoms with Crippen molar-refractivity contribution in [3.05, 3.63) is 28.2 Å². The van der Waals surface area contributed by atoms with Gasteiger partial charge in [0.1, 0.15) is 12.0 Å². The second kappa shape index (κ2) is 3.39. The number of aldehydes is 1. The highest BCUT2D eigenvalue weighted by atomic mass is 79.9. The van der Waals surface area contributed by atoms with Crippen molar-refractivity contribution in [2.45, 2.75) is 18.3 Å². The Labute approximate surface area is 91.4 Å². The number of para-hydroxylation sites is 1. The normalized spacial score (nSPS) is 17.6. The zero-order valence-corrected chi connectivity index (χ0v) is 9.50. The Kier molecular flexibility index (Phi) is 2.35. The van der Waals surface area contributed by atoms with Gasteiger partial charge in [0.25, 0.3) is 0 Å². The van der Waals surface area contributed by atoms with Crippen molar-refractivity contribution in [3.63, 3.8) is 0 Å². The van der Waals surface area contributed by atoms with Crippen molar-refractivity contribution < 1.29 is 9.53 Å². The van der Waals surface area contributed by atoms with Crippen molar-refractivity contribution in [3.8, 4) is 5.75 Å². The first-order chi connectivity index (χ1) is 6.73. The Morgan fingerprint density at radius 2 is 2.21 bits per heavy atom. The Morgan fingerprint density at radius 1 is 1.50 bits per heavy atom. The third-order valence-corrected chi connectivity index (χ3v) is 3.35. The van der Waals surface area contributed by atoms with Crippen LogP contribution in [0.5, 0.6) is 5.75 Å². The van der Waals surface area contributed by atoms with Gasteiger partial charge in [-0.1, -0.05) is 12.1 Å². The Balaban J connectivity index is 2.52. The summed E-state index contributed by atoms with van der Waals surface area (Å²) in [4.78, 5) is 11.0. The number of benzene rings is 1. The second-order valence-corrected chi connectivity index (χ2v) is 4.45. The molecule has 0 atom stereocenters. The highest BCUT2D eigenvalue weighted by Crippen LogP contribution is 2.50. The molecule has 1 aromatic rings. The average Bonchev–Trinajstić information content (AvgIpc) is 2.98. The summed E-state index contributed by atoms with van der Waals surface area (Å²) in [5.74, 6) is 0.789. The number of carbonyl (C=O) groups excluding carboxylic acids is 1. The molecule has 0 bridgehead atoms. The fraction of sp³-hybridized carbons (Fsp3) is 0.364. The lowest BCUT2D eigenvalue weighted by atomic mass is 9.97. The summed E-state index contributed by atoms with van der Waals surface area (Å²) in [6, 6.07) is 5.82. The van der Waals surface area contributed by atoms with Gasteiger partial charge in [0.2, 0.25) is 0 Å². The Hall–Kier alpha value is -0.830. The molecule has 0 unspecified atom stereocenters. The van der Waals surface area contributed by atoms with E-state index in [-0.39, 0.29) is 5.41 Å². The van der Waals surface area contributed by atoms with E-state index < -0.39 is 0 Å². The maximum absolute atomic E-state index is 11.0. The molecule has 1 aromatic carbocycles. The molecule has 3 heteroatoms. The SMILES string of the molecule is COc1c(Br)cccc1C1(C=O)CC1. The highest BCUT2D eigenvalue weighted by Gasteiger charge is 2.46. The number of rotatable bonds is 3. The van der Waals surface area contributed by atoms with E-state index >= 15 is 0 Å². The number of halogens is 1. The van der Waals surface area contributed by atoms with Crippen LogP contribution in [0.1, 0.15) is 18.4 Å². The number of hydrogen-bond donors (Lipinski definition) is 0. The predicted octanol–water partition coefficient (Wildman–Crippen LogP) is 2.69. The molecule has 0 amide bonds. The molecule has 0 heterocycles. The standard InChI is InChI=1S/C11H11BrO2/c1-14-10-8(3-2-4-9(10)12)11(7-13)5-6-11/h2-4,7H,5-6H2,1H3. The summed E-state index contributed by atoms with van der Waals surface area (Å²) in [6.45, 7) is 0. The summed E-state index contributed by atoms with van der Waals surface area (Å²) < 4.78 is 6.21. The average molecular weight is 255 g/mol. The molecule has 0 spiro atoms. The van der Waals surface area contributed by atoms with Crippen LogP contribution in [0.15, 0.2) is 22.7 Å². The molecular weight excluding hydrogens is 244 g/mol. The minimum atomic E-state index is -0.269. The first-order valence-corrected chi connectivity index (χ1v) is 5.32. The minimum Gasteiger partial charge on any atom is -0.495 e. The first kappa shape index (κ1) is 9.71. The molecule has 0 aliphatic heterocycles. The summed E-state index contributed by atoms with van der Waals surface area (Å²) in [5.41, 5.74) is 0.735. The lowest BCUT2D eigenvalue weighted by Gasteiger charge is -2.14. The van der Waals surface area contributed by atoms with E-state index in [0.717, 1.165) is 34.9 Å². The molecule has 1 aliphatic rings. The largest absolute Gasteiger partial charge is 0.495 e. The van der Waals surface area contributed by atoms with Crippen LogP contribution in [0.25, 0.3) is 0 Å². The monoisotopic (exact) mass is 254 g/mol. The van der Waals surface area contributed by atoms with Crippen LogP contribution in [0, 0.1) is 0 Å². The van der Waals surface area contributed by atoms with Gasteiger partial charge in [-0.2, -0.15) is 0 Å². The van der Waals surface area contributed by atoms with E-state index in [1.165, 1.54) is 0 Å². The van der Waals surface area contributed by atoms with Crippen LogP contribution >= 0.6 is 15.9 Å². The summed E-state index contributed by atoms with van der Waals surface area (Å²) in [5, 5.41) is 0. The van der Waals surface area contributed by atoms with Crippen LogP contribution in [0.4, 0.5) is 0 Å². The molecule has 14 heavy (non-hydrogen) atoms. The Morgan fingerprint density at radius 3 is 2.71 bits per heavy atom. The van der Waals surface area contributed by atoms with Crippen LogP contribution in [-0.2, 0) is 10.2 Å². The van der Waals surface area contributed by atoms with Crippen molar-refractivity contribution in [1.29, 1.82) is 0 Å². The van der Waals surface area contributed by atoms with Crippen LogP contribution in [-0.4, -0.2) is 13.4 Å². The van der Waals surface area contributed by atoms with Gasteiger partial charge < -0.3 is 9.53 Å². The van der Waals surface area contributed by atoms with Crippen molar-refractivity contribution in [2.75, 3.05) is 7.11 Å². The summed E-state index contributed by atoms with van der Waals surface area (Å²) in [6.07, 6.45) is 2.91. The molecule has 2 rings (SSSR count). The van der Waals surface area contributed by atoms with Crippen LogP contribution in [0.3, 0.4) is 0 Å². The molecule has 1 saturated carbocycles. The summed E-state index contributed by atoms with van der Waals surface area (Å²) >= 11 is 3.42. The molecule has 2 nitrogen and oxygen atoms in total. The van der Waals surface area contributed by atoms with Gasteiger partial charge in [-0.25, -0.2) is 0 Å². The number of methoxy groups -OCH3 is 1. The number of carbonyl (C=O) groups is 1. The maximum Gasteiger partial charge on any atom is 0.137 e. The molecular formula is C11H11BrO2. The van der Waals surface area contributed by atoms with E-state index in [0.29, 0.717) is 0 Å². The van der Waals surface area contributed by atoms with Crippen molar-refractivity contribution in [2.24, 2.45) is 0 Å². The fourth-order valence-electron chi connectivity index (χ4n) is 1.69. The van der Waals surface area contributed by atoms with E-state index in [4.69, 9.17) is 4.74 Å². The summed E-state index contributed by atoms with van der Waals surface area (Å²) in [7, 11) is 1.63. The highest BCUT2D eigenvalue weighted by molar-refractivity contribution is 9.10. The molecule has 0 radical (unpaired) electrons. The number of hydrogen-bond acceptors (Lipinski definition) is 2. The molecule has 1 aliphatic carbocycles. The second-order valence-electron chi connectivity index (χ2n) is 3.59. The molecule has 0 saturated heterocycles. The zero-order valence-electron chi connectivity index (χ0n) is 7.92. The van der Waals surface area contributed by atoms with Gasteiger partial charge in [-0.3, -0.25) is 0 Å². The quantitative estimate of drug-likeness (QED) is 0.776. The maximum atomic E-state index is 11.0. The van der Waals surface area contributed by atoms with Gasteiger partial charge in [0.05, 0.1) is 17.0 Å². The van der Waals surface area contributed by atoms with E-state index in [1.54, 1.807) is 7.11 Å². The molecule has 1 fully saturated rings. The molecule has 74 valence electrons. The number of ether oxygens (including phenoxy) is 1. The van der Waals surface area contributed by atoms with Gasteiger partial charge in [-0.05, 0) is 34.8 Å². The topological polar surface area (TPSA) is 26.3 Å². The first-order valence-electron chi connectivity index (χ1n) is 4.53. The van der Waals surface area contributed by atoms with E-state index in [1.807, 2.05) is 18.2 Å². The van der Waals surface area contributed by atoms with Gasteiger partial charge in [0.15, 0.2) is 0 Å². The van der Waals surface area contributed by atoms with Gasteiger partial charge >= 0.3 is 0 Å². The third kappa shape index (κ3) is 1.36. The van der Waals surface area contributed by atoms with Crippen molar-refractivity contribution >= 4 is 22.2 Å². The van der Waals surface area contributed by atoms with Crippen molar-refractivity contribution in [1.82, 2.24) is 0 Å². The third-order valence-electron chi connectivity index (χ3n) is 2.72. The van der Waals surface area contributed by atoms with Gasteiger partial charge in [0, 0.05) is 5.56 Å². The lowest BCUT2D eigenvalue weighted by Crippen LogP contribution is -2.09. The van der Waals surface area contributed by atoms with Gasteiger partial charge in [-0.15, -0.1) is 0 Å². The fourth-order valence-corrected chi connectivity index (χ4v) is 2.22. The Bertz CT molecular complexity index is 370. The zero-order chi connectivity index (χ0) is 10.2.